The fourth-order valence-electron chi connectivity index (χ4n) is 3.19. The molecule has 0 amide bonds. The van der Waals surface area contributed by atoms with E-state index < -0.39 is 0 Å². The van der Waals surface area contributed by atoms with Crippen molar-refractivity contribution in [2.45, 2.75) is 17.7 Å². The Hall–Kier alpha value is -3.79. The number of para-hydroxylation sites is 1. The lowest BCUT2D eigenvalue weighted by molar-refractivity contribution is 0.341. The highest BCUT2D eigenvalue weighted by molar-refractivity contribution is 7.98. The van der Waals surface area contributed by atoms with Crippen LogP contribution in [0.4, 0.5) is 4.39 Å². The van der Waals surface area contributed by atoms with Crippen LogP contribution in [0.15, 0.2) is 70.6 Å². The van der Waals surface area contributed by atoms with E-state index >= 15 is 0 Å². The van der Waals surface area contributed by atoms with E-state index in [9.17, 15) is 4.39 Å². The molecule has 0 saturated carbocycles. The SMILES string of the molecule is CCOc1ccccc1-c1noc(CSc2ncnc3c2cnn3-c2ccc(F)cc2)n1. The standard InChI is InChI=1S/C22H17FN6O2S/c1-2-30-18-6-4-3-5-16(18)20-27-19(31-28-20)12-32-22-17-11-26-29(21(17)24-13-25-22)15-9-7-14(23)8-10-15/h3-11,13H,2,12H2,1H3. The molecule has 0 unspecified atom stereocenters. The zero-order valence-corrected chi connectivity index (χ0v) is 17.8. The van der Waals surface area contributed by atoms with Crippen LogP contribution in [0, 0.1) is 5.82 Å². The van der Waals surface area contributed by atoms with Crippen molar-refractivity contribution in [3.05, 3.63) is 72.8 Å². The van der Waals surface area contributed by atoms with Crippen LogP contribution in [0.2, 0.25) is 0 Å². The highest BCUT2D eigenvalue weighted by atomic mass is 32.2. The Morgan fingerprint density at radius 2 is 1.94 bits per heavy atom. The molecule has 0 radical (unpaired) electrons. The largest absolute Gasteiger partial charge is 0.493 e. The van der Waals surface area contributed by atoms with E-state index in [4.69, 9.17) is 9.26 Å². The van der Waals surface area contributed by atoms with Crippen LogP contribution < -0.4 is 4.74 Å². The second-order valence-corrected chi connectivity index (χ2v) is 7.64. The number of hydrogen-bond donors (Lipinski definition) is 0. The lowest BCUT2D eigenvalue weighted by atomic mass is 10.2. The predicted molar refractivity (Wildman–Crippen MR) is 117 cm³/mol. The van der Waals surface area contributed by atoms with Gasteiger partial charge in [-0.3, -0.25) is 0 Å². The van der Waals surface area contributed by atoms with E-state index in [-0.39, 0.29) is 5.82 Å². The van der Waals surface area contributed by atoms with Gasteiger partial charge >= 0.3 is 0 Å². The monoisotopic (exact) mass is 448 g/mol. The zero-order valence-electron chi connectivity index (χ0n) is 17.0. The fraction of sp³-hybridized carbons (Fsp3) is 0.136. The first-order chi connectivity index (χ1) is 15.7. The van der Waals surface area contributed by atoms with E-state index in [1.54, 1.807) is 23.0 Å². The lowest BCUT2D eigenvalue weighted by Gasteiger charge is -2.06. The number of nitrogens with zero attached hydrogens (tertiary/aromatic N) is 6. The number of benzene rings is 2. The van der Waals surface area contributed by atoms with E-state index in [1.807, 2.05) is 31.2 Å². The Labute approximate surface area is 186 Å². The summed E-state index contributed by atoms with van der Waals surface area (Å²) in [6.45, 7) is 2.47. The summed E-state index contributed by atoms with van der Waals surface area (Å²) in [5, 5.41) is 10.0. The van der Waals surface area contributed by atoms with Gasteiger partial charge < -0.3 is 9.26 Å². The minimum Gasteiger partial charge on any atom is -0.493 e. The van der Waals surface area contributed by atoms with Crippen molar-refractivity contribution in [3.63, 3.8) is 0 Å². The molecule has 0 N–H and O–H groups in total. The number of ether oxygens (including phenoxy) is 1. The van der Waals surface area contributed by atoms with Crippen LogP contribution >= 0.6 is 11.8 Å². The Morgan fingerprint density at radius 3 is 2.78 bits per heavy atom. The third-order valence-electron chi connectivity index (χ3n) is 4.63. The Bertz CT molecular complexity index is 1370. The molecular weight excluding hydrogens is 431 g/mol. The Balaban J connectivity index is 1.37. The van der Waals surface area contributed by atoms with Gasteiger partial charge in [-0.2, -0.15) is 10.1 Å². The number of halogens is 1. The maximum Gasteiger partial charge on any atom is 0.237 e. The zero-order chi connectivity index (χ0) is 21.9. The van der Waals surface area contributed by atoms with Crippen molar-refractivity contribution in [2.75, 3.05) is 6.61 Å². The van der Waals surface area contributed by atoms with Crippen LogP contribution in [-0.2, 0) is 5.75 Å². The Kier molecular flexibility index (Phi) is 5.51. The number of thioether (sulfide) groups is 1. The molecule has 3 heterocycles. The van der Waals surface area contributed by atoms with E-state index in [0.717, 1.165) is 16.0 Å². The average Bonchev–Trinajstić information content (AvgIpc) is 3.46. The van der Waals surface area contributed by atoms with Crippen molar-refractivity contribution in [1.29, 1.82) is 0 Å². The van der Waals surface area contributed by atoms with Gasteiger partial charge in [0.1, 0.15) is 22.9 Å². The van der Waals surface area contributed by atoms with Gasteiger partial charge in [-0.05, 0) is 43.3 Å². The van der Waals surface area contributed by atoms with E-state index in [1.165, 1.54) is 30.2 Å². The second kappa shape index (κ2) is 8.75. The highest BCUT2D eigenvalue weighted by Crippen LogP contribution is 2.30. The van der Waals surface area contributed by atoms with Crippen molar-refractivity contribution in [1.82, 2.24) is 29.9 Å². The molecule has 0 bridgehead atoms. The summed E-state index contributed by atoms with van der Waals surface area (Å²) in [5.74, 6) is 1.77. The molecule has 0 aliphatic carbocycles. The van der Waals surface area contributed by atoms with Crippen LogP contribution in [0.3, 0.4) is 0 Å². The molecule has 0 atom stereocenters. The first-order valence-corrected chi connectivity index (χ1v) is 10.8. The highest BCUT2D eigenvalue weighted by Gasteiger charge is 2.16. The molecule has 160 valence electrons. The maximum absolute atomic E-state index is 13.3. The van der Waals surface area contributed by atoms with Gasteiger partial charge in [0.05, 0.1) is 35.2 Å². The summed E-state index contributed by atoms with van der Waals surface area (Å²) in [6, 6.07) is 13.6. The quantitative estimate of drug-likeness (QED) is 0.261. The smallest absolute Gasteiger partial charge is 0.237 e. The molecule has 0 spiro atoms. The molecule has 32 heavy (non-hydrogen) atoms. The van der Waals surface area contributed by atoms with E-state index in [2.05, 4.69) is 25.2 Å². The summed E-state index contributed by atoms with van der Waals surface area (Å²) in [4.78, 5) is 13.2. The molecule has 2 aromatic carbocycles. The first-order valence-electron chi connectivity index (χ1n) is 9.85. The van der Waals surface area contributed by atoms with Gasteiger partial charge in [0.2, 0.25) is 11.7 Å². The summed E-state index contributed by atoms with van der Waals surface area (Å²) in [5.41, 5.74) is 2.12. The number of rotatable bonds is 7. The van der Waals surface area contributed by atoms with Crippen LogP contribution in [-0.4, -0.2) is 36.5 Å². The minimum atomic E-state index is -0.307. The van der Waals surface area contributed by atoms with Crippen molar-refractivity contribution < 1.29 is 13.7 Å². The summed E-state index contributed by atoms with van der Waals surface area (Å²) >= 11 is 1.45. The van der Waals surface area contributed by atoms with Gasteiger partial charge in [0.15, 0.2) is 5.65 Å². The van der Waals surface area contributed by atoms with Crippen molar-refractivity contribution in [3.8, 4) is 22.8 Å². The van der Waals surface area contributed by atoms with Crippen LogP contribution in [0.25, 0.3) is 28.1 Å². The predicted octanol–water partition coefficient (Wildman–Crippen LogP) is 4.70. The third kappa shape index (κ3) is 3.92. The normalized spacial score (nSPS) is 11.2. The minimum absolute atomic E-state index is 0.307. The van der Waals surface area contributed by atoms with Gasteiger partial charge in [0, 0.05) is 0 Å². The number of fused-ring (bicyclic) bond motifs is 1. The second-order valence-electron chi connectivity index (χ2n) is 6.68. The summed E-state index contributed by atoms with van der Waals surface area (Å²) in [6.07, 6.45) is 3.17. The molecule has 5 rings (SSSR count). The molecule has 0 aliphatic heterocycles. The topological polar surface area (TPSA) is 91.8 Å². The molecular formula is C22H17FN6O2S. The average molecular weight is 448 g/mol. The van der Waals surface area contributed by atoms with Crippen molar-refractivity contribution >= 4 is 22.8 Å². The molecule has 10 heteroatoms. The molecule has 0 fully saturated rings. The van der Waals surface area contributed by atoms with Gasteiger partial charge in [-0.1, -0.05) is 29.1 Å². The number of hydrogen-bond acceptors (Lipinski definition) is 8. The van der Waals surface area contributed by atoms with E-state index in [0.29, 0.717) is 41.2 Å². The van der Waals surface area contributed by atoms with Gasteiger partial charge in [0.25, 0.3) is 0 Å². The fourth-order valence-corrected chi connectivity index (χ4v) is 3.99. The molecule has 3 aromatic heterocycles. The van der Waals surface area contributed by atoms with Crippen LogP contribution in [0.5, 0.6) is 5.75 Å². The molecule has 5 aromatic rings. The summed E-state index contributed by atoms with van der Waals surface area (Å²) in [7, 11) is 0. The van der Waals surface area contributed by atoms with Crippen molar-refractivity contribution in [2.24, 2.45) is 0 Å². The first kappa shape index (κ1) is 20.1. The summed E-state index contributed by atoms with van der Waals surface area (Å²) < 4.78 is 26.0. The Morgan fingerprint density at radius 1 is 1.09 bits per heavy atom. The molecule has 0 aliphatic rings. The van der Waals surface area contributed by atoms with Gasteiger partial charge in [-0.25, -0.2) is 19.0 Å². The van der Waals surface area contributed by atoms with Crippen LogP contribution in [0.1, 0.15) is 12.8 Å². The maximum atomic E-state index is 13.3. The number of aromatic nitrogens is 6. The molecule has 0 saturated heterocycles. The molecule has 8 nitrogen and oxygen atoms in total. The third-order valence-corrected chi connectivity index (χ3v) is 5.62. The lowest BCUT2D eigenvalue weighted by Crippen LogP contribution is -1.98. The van der Waals surface area contributed by atoms with Gasteiger partial charge in [-0.15, -0.1) is 0 Å².